The van der Waals surface area contributed by atoms with Crippen LogP contribution >= 0.6 is 0 Å². The highest BCUT2D eigenvalue weighted by atomic mass is 16.3. The first-order chi connectivity index (χ1) is 10.00. The van der Waals surface area contributed by atoms with E-state index in [-0.39, 0.29) is 0 Å². The van der Waals surface area contributed by atoms with Crippen molar-refractivity contribution in [3.05, 3.63) is 70.8 Å². The number of hydrogen-bond acceptors (Lipinski definition) is 2. The Morgan fingerprint density at radius 3 is 2.38 bits per heavy atom. The minimum absolute atomic E-state index is 0.490. The normalized spacial score (nSPS) is 13.7. The zero-order valence-corrected chi connectivity index (χ0v) is 12.5. The van der Waals surface area contributed by atoms with Crippen LogP contribution in [0, 0.1) is 6.92 Å². The molecule has 0 saturated heterocycles. The summed E-state index contributed by atoms with van der Waals surface area (Å²) in [4.78, 5) is 12.0. The lowest BCUT2D eigenvalue weighted by Crippen LogP contribution is -2.42. The first kappa shape index (κ1) is 15.3. The van der Waals surface area contributed by atoms with E-state index in [1.807, 2.05) is 25.1 Å². The third-order valence-corrected chi connectivity index (χ3v) is 3.77. The number of carbonyl (C=O) groups is 1. The Morgan fingerprint density at radius 2 is 1.86 bits per heavy atom. The lowest BCUT2D eigenvalue weighted by Gasteiger charge is -2.27. The van der Waals surface area contributed by atoms with Gasteiger partial charge in [0.05, 0.1) is 0 Å². The molecule has 2 aromatic rings. The number of carbonyl (C=O) groups excluding carboxylic acids is 1. The van der Waals surface area contributed by atoms with Crippen LogP contribution in [0.4, 0.5) is 0 Å². The zero-order chi connectivity index (χ0) is 15.5. The van der Waals surface area contributed by atoms with E-state index in [1.165, 1.54) is 5.56 Å². The maximum Gasteiger partial charge on any atom is 0.258 e. The van der Waals surface area contributed by atoms with Crippen LogP contribution in [-0.4, -0.2) is 11.0 Å². The Balaban J connectivity index is 2.56. The molecule has 0 saturated carbocycles. The van der Waals surface area contributed by atoms with E-state index < -0.39 is 11.5 Å². The maximum atomic E-state index is 12.0. The van der Waals surface area contributed by atoms with Crippen molar-refractivity contribution in [2.24, 2.45) is 5.73 Å². The zero-order valence-electron chi connectivity index (χ0n) is 12.5. The SMILES string of the molecule is CCCc1ccc(C(O)(C(N)=O)c2ccccc2)c(C)c1. The summed E-state index contributed by atoms with van der Waals surface area (Å²) in [6.07, 6.45) is 2.03. The van der Waals surface area contributed by atoms with E-state index in [2.05, 4.69) is 6.92 Å². The van der Waals surface area contributed by atoms with Crippen molar-refractivity contribution in [1.82, 2.24) is 0 Å². The minimum atomic E-state index is -1.80. The fourth-order valence-electron chi connectivity index (χ4n) is 2.69. The number of hydrogen-bond donors (Lipinski definition) is 2. The van der Waals surface area contributed by atoms with Crippen molar-refractivity contribution in [2.45, 2.75) is 32.3 Å². The standard InChI is InChI=1S/C18H21NO2/c1-3-7-14-10-11-16(13(2)12-14)18(21,17(19)20)15-8-5-4-6-9-15/h4-6,8-12,21H,3,7H2,1-2H3,(H2,19,20). The molecular formula is C18H21NO2. The molecule has 3 N–H and O–H groups in total. The third kappa shape index (κ3) is 2.83. The van der Waals surface area contributed by atoms with Gasteiger partial charge in [-0.15, -0.1) is 0 Å². The molecule has 0 radical (unpaired) electrons. The molecule has 0 aromatic heterocycles. The molecule has 2 aromatic carbocycles. The summed E-state index contributed by atoms with van der Waals surface area (Å²) in [5, 5.41) is 11.0. The number of rotatable bonds is 5. The molecule has 0 aliphatic carbocycles. The molecule has 1 atom stereocenters. The van der Waals surface area contributed by atoms with E-state index in [1.54, 1.807) is 30.3 Å². The Hall–Kier alpha value is -2.13. The van der Waals surface area contributed by atoms with Crippen LogP contribution in [0.1, 0.15) is 35.6 Å². The van der Waals surface area contributed by atoms with Gasteiger partial charge in [-0.3, -0.25) is 4.79 Å². The van der Waals surface area contributed by atoms with Gasteiger partial charge < -0.3 is 10.8 Å². The molecule has 0 aliphatic rings. The lowest BCUT2D eigenvalue weighted by molar-refractivity contribution is -0.133. The van der Waals surface area contributed by atoms with Crippen molar-refractivity contribution in [2.75, 3.05) is 0 Å². The quantitative estimate of drug-likeness (QED) is 0.886. The summed E-state index contributed by atoms with van der Waals surface area (Å²) in [5.41, 5.74) is 6.81. The molecule has 0 bridgehead atoms. The predicted octanol–water partition coefficient (Wildman–Crippen LogP) is 2.67. The van der Waals surface area contributed by atoms with E-state index in [0.717, 1.165) is 18.4 Å². The van der Waals surface area contributed by atoms with Gasteiger partial charge in [-0.2, -0.15) is 0 Å². The highest BCUT2D eigenvalue weighted by Crippen LogP contribution is 2.32. The predicted molar refractivity (Wildman–Crippen MR) is 83.8 cm³/mol. The smallest absolute Gasteiger partial charge is 0.258 e. The van der Waals surface area contributed by atoms with Gasteiger partial charge in [0.1, 0.15) is 0 Å². The number of aliphatic hydroxyl groups is 1. The van der Waals surface area contributed by atoms with Crippen LogP contribution in [0.25, 0.3) is 0 Å². The Bertz CT molecular complexity index is 637. The molecule has 110 valence electrons. The van der Waals surface area contributed by atoms with E-state index in [4.69, 9.17) is 5.73 Å². The fourth-order valence-corrected chi connectivity index (χ4v) is 2.69. The largest absolute Gasteiger partial charge is 0.372 e. The van der Waals surface area contributed by atoms with Gasteiger partial charge in [0.25, 0.3) is 5.91 Å². The molecule has 0 spiro atoms. The fraction of sp³-hybridized carbons (Fsp3) is 0.278. The van der Waals surface area contributed by atoms with Gasteiger partial charge in [-0.05, 0) is 30.0 Å². The first-order valence-electron chi connectivity index (χ1n) is 7.18. The molecule has 21 heavy (non-hydrogen) atoms. The molecule has 1 amide bonds. The highest BCUT2D eigenvalue weighted by molar-refractivity contribution is 5.89. The highest BCUT2D eigenvalue weighted by Gasteiger charge is 2.39. The monoisotopic (exact) mass is 283 g/mol. The van der Waals surface area contributed by atoms with Gasteiger partial charge in [-0.25, -0.2) is 0 Å². The second kappa shape index (κ2) is 6.10. The van der Waals surface area contributed by atoms with Gasteiger partial charge in [0, 0.05) is 5.56 Å². The lowest BCUT2D eigenvalue weighted by atomic mass is 9.82. The summed E-state index contributed by atoms with van der Waals surface area (Å²) in [6, 6.07) is 14.6. The molecule has 3 nitrogen and oxygen atoms in total. The second-order valence-electron chi connectivity index (χ2n) is 5.34. The Morgan fingerprint density at radius 1 is 1.19 bits per heavy atom. The van der Waals surface area contributed by atoms with Crippen LogP contribution in [0.15, 0.2) is 48.5 Å². The van der Waals surface area contributed by atoms with E-state index >= 15 is 0 Å². The van der Waals surface area contributed by atoms with Crippen molar-refractivity contribution in [1.29, 1.82) is 0 Å². The average molecular weight is 283 g/mol. The van der Waals surface area contributed by atoms with Gasteiger partial charge in [-0.1, -0.05) is 61.9 Å². The molecule has 1 unspecified atom stereocenters. The van der Waals surface area contributed by atoms with Crippen LogP contribution in [0.2, 0.25) is 0 Å². The molecule has 0 fully saturated rings. The van der Waals surface area contributed by atoms with Crippen molar-refractivity contribution < 1.29 is 9.90 Å². The summed E-state index contributed by atoms with van der Waals surface area (Å²) in [7, 11) is 0. The van der Waals surface area contributed by atoms with Gasteiger partial charge >= 0.3 is 0 Å². The number of primary amides is 1. The summed E-state index contributed by atoms with van der Waals surface area (Å²) in [5.74, 6) is -0.764. The Labute approximate surface area is 125 Å². The number of nitrogens with two attached hydrogens (primary N) is 1. The van der Waals surface area contributed by atoms with Gasteiger partial charge in [0.15, 0.2) is 5.60 Å². The van der Waals surface area contributed by atoms with Crippen LogP contribution in [-0.2, 0) is 16.8 Å². The van der Waals surface area contributed by atoms with E-state index in [0.29, 0.717) is 11.1 Å². The van der Waals surface area contributed by atoms with Gasteiger partial charge in [0.2, 0.25) is 0 Å². The molecule has 0 heterocycles. The maximum absolute atomic E-state index is 12.0. The second-order valence-corrected chi connectivity index (χ2v) is 5.34. The Kier molecular flexibility index (Phi) is 4.43. The van der Waals surface area contributed by atoms with Crippen molar-refractivity contribution >= 4 is 5.91 Å². The topological polar surface area (TPSA) is 63.3 Å². The van der Waals surface area contributed by atoms with E-state index in [9.17, 15) is 9.90 Å². The number of amides is 1. The third-order valence-electron chi connectivity index (χ3n) is 3.77. The molecular weight excluding hydrogens is 262 g/mol. The molecule has 2 rings (SSSR count). The summed E-state index contributed by atoms with van der Waals surface area (Å²) >= 11 is 0. The van der Waals surface area contributed by atoms with Crippen molar-refractivity contribution in [3.8, 4) is 0 Å². The molecule has 0 aliphatic heterocycles. The average Bonchev–Trinajstić information content (AvgIpc) is 2.47. The number of benzene rings is 2. The minimum Gasteiger partial charge on any atom is -0.372 e. The van der Waals surface area contributed by atoms with Crippen LogP contribution in [0.5, 0.6) is 0 Å². The van der Waals surface area contributed by atoms with Crippen LogP contribution in [0.3, 0.4) is 0 Å². The number of aryl methyl sites for hydroxylation is 2. The van der Waals surface area contributed by atoms with Crippen molar-refractivity contribution in [3.63, 3.8) is 0 Å². The van der Waals surface area contributed by atoms with Crippen LogP contribution < -0.4 is 5.73 Å². The summed E-state index contributed by atoms with van der Waals surface area (Å²) < 4.78 is 0. The summed E-state index contributed by atoms with van der Waals surface area (Å²) in [6.45, 7) is 4.01. The first-order valence-corrected chi connectivity index (χ1v) is 7.18. The molecule has 3 heteroatoms.